The molecule has 0 bridgehead atoms. The van der Waals surface area contributed by atoms with E-state index in [1.165, 1.54) is 23.1 Å². The number of anilines is 1. The fourth-order valence-electron chi connectivity index (χ4n) is 2.18. The van der Waals surface area contributed by atoms with Crippen molar-refractivity contribution in [1.29, 1.82) is 0 Å². The molecule has 0 unspecified atom stereocenters. The molecular weight excluding hydrogens is 316 g/mol. The molecule has 1 aromatic carbocycles. The van der Waals surface area contributed by atoms with Gasteiger partial charge in [0.25, 0.3) is 0 Å². The van der Waals surface area contributed by atoms with Gasteiger partial charge in [-0.25, -0.2) is 0 Å². The highest BCUT2D eigenvalue weighted by atomic mass is 32.2. The van der Waals surface area contributed by atoms with Crippen LogP contribution in [0.3, 0.4) is 0 Å². The largest absolute Gasteiger partial charge is 0.360 e. The Balaban J connectivity index is 1.76. The fourth-order valence-corrected chi connectivity index (χ4v) is 4.21. The Morgan fingerprint density at radius 1 is 1.41 bits per heavy atom. The lowest BCUT2D eigenvalue weighted by Crippen LogP contribution is -2.12. The first kappa shape index (κ1) is 15.1. The lowest BCUT2D eigenvalue weighted by Gasteiger charge is -2.06. The second-order valence-electron chi connectivity index (χ2n) is 4.78. The van der Waals surface area contributed by atoms with Crippen molar-refractivity contribution in [3.05, 3.63) is 36.0 Å². The first-order valence-corrected chi connectivity index (χ1v) is 8.73. The van der Waals surface area contributed by atoms with E-state index in [1.807, 2.05) is 38.1 Å². The van der Waals surface area contributed by atoms with Crippen LogP contribution in [0.5, 0.6) is 0 Å². The molecule has 0 aliphatic rings. The van der Waals surface area contributed by atoms with Gasteiger partial charge in [0.1, 0.15) is 0 Å². The first-order valence-electron chi connectivity index (χ1n) is 7.03. The normalized spacial score (nSPS) is 12.5. The number of carbonyl (C=O) groups excluding carboxylic acids is 1. The molecule has 0 radical (unpaired) electrons. The number of Topliss-reactive ketones (excluding diaryl/α,β-unsaturated/α-hetero) is 1. The fraction of sp³-hybridized carbons (Fsp3) is 0.267. The van der Waals surface area contributed by atoms with Crippen LogP contribution in [0, 0.1) is 0 Å². The number of H-pyrrole nitrogens is 1. The van der Waals surface area contributed by atoms with Gasteiger partial charge in [-0.3, -0.25) is 4.79 Å². The van der Waals surface area contributed by atoms with Crippen molar-refractivity contribution in [2.75, 3.05) is 11.9 Å². The zero-order chi connectivity index (χ0) is 15.5. The molecule has 2 N–H and O–H groups in total. The average Bonchev–Trinajstić information content (AvgIpc) is 3.13. The van der Waals surface area contributed by atoms with Crippen LogP contribution in [-0.4, -0.2) is 32.8 Å². The maximum atomic E-state index is 12.7. The van der Waals surface area contributed by atoms with Gasteiger partial charge in [-0.2, -0.15) is 0 Å². The van der Waals surface area contributed by atoms with Crippen molar-refractivity contribution in [3.8, 4) is 0 Å². The van der Waals surface area contributed by atoms with Crippen molar-refractivity contribution in [3.63, 3.8) is 0 Å². The van der Waals surface area contributed by atoms with E-state index in [4.69, 9.17) is 0 Å². The van der Waals surface area contributed by atoms with Crippen LogP contribution in [0.2, 0.25) is 0 Å². The molecule has 3 aromatic rings. The molecule has 0 saturated carbocycles. The number of thioether (sulfide) groups is 1. The van der Waals surface area contributed by atoms with Crippen molar-refractivity contribution >= 4 is 44.9 Å². The molecule has 2 heterocycles. The quantitative estimate of drug-likeness (QED) is 0.530. The van der Waals surface area contributed by atoms with E-state index in [9.17, 15) is 4.79 Å². The summed E-state index contributed by atoms with van der Waals surface area (Å²) in [6.07, 6.45) is 1.79. The van der Waals surface area contributed by atoms with E-state index in [0.29, 0.717) is 0 Å². The van der Waals surface area contributed by atoms with Gasteiger partial charge >= 0.3 is 0 Å². The number of ketones is 1. The molecule has 22 heavy (non-hydrogen) atoms. The Hall–Kier alpha value is -1.86. The van der Waals surface area contributed by atoms with Gasteiger partial charge < -0.3 is 10.3 Å². The molecule has 1 atom stereocenters. The zero-order valence-electron chi connectivity index (χ0n) is 12.3. The lowest BCUT2D eigenvalue weighted by molar-refractivity contribution is 0.0995. The van der Waals surface area contributed by atoms with Crippen molar-refractivity contribution < 1.29 is 4.79 Å². The third kappa shape index (κ3) is 3.00. The van der Waals surface area contributed by atoms with Gasteiger partial charge in [0.2, 0.25) is 5.13 Å². The third-order valence-corrected chi connectivity index (χ3v) is 5.30. The van der Waals surface area contributed by atoms with Gasteiger partial charge in [0.05, 0.1) is 5.25 Å². The van der Waals surface area contributed by atoms with E-state index in [1.54, 1.807) is 6.20 Å². The second kappa shape index (κ2) is 6.50. The van der Waals surface area contributed by atoms with Gasteiger partial charge in [0, 0.05) is 29.2 Å². The monoisotopic (exact) mass is 332 g/mol. The molecule has 0 saturated heterocycles. The molecule has 0 amide bonds. The van der Waals surface area contributed by atoms with Crippen LogP contribution in [0.15, 0.2) is 34.8 Å². The minimum Gasteiger partial charge on any atom is -0.360 e. The summed E-state index contributed by atoms with van der Waals surface area (Å²) in [6, 6.07) is 7.83. The summed E-state index contributed by atoms with van der Waals surface area (Å²) < 4.78 is 0.802. The highest BCUT2D eigenvalue weighted by molar-refractivity contribution is 8.02. The number of fused-ring (bicyclic) bond motifs is 1. The maximum absolute atomic E-state index is 12.7. The van der Waals surface area contributed by atoms with Crippen LogP contribution in [0.1, 0.15) is 24.2 Å². The number of carbonyl (C=O) groups is 1. The average molecular weight is 332 g/mol. The number of hydrogen-bond acceptors (Lipinski definition) is 6. The molecule has 0 fully saturated rings. The van der Waals surface area contributed by atoms with E-state index in [-0.39, 0.29) is 11.0 Å². The molecule has 0 aliphatic carbocycles. The number of aromatic amines is 1. The van der Waals surface area contributed by atoms with Crippen molar-refractivity contribution in [2.45, 2.75) is 23.4 Å². The predicted octanol–water partition coefficient (Wildman–Crippen LogP) is 3.81. The highest BCUT2D eigenvalue weighted by Crippen LogP contribution is 2.31. The minimum atomic E-state index is -0.207. The standard InChI is InChI=1S/C15H16N4OS2/c1-3-16-14-18-19-15(22-14)21-9(2)13(20)11-8-17-12-7-5-4-6-10(11)12/h4-9,17H,3H2,1-2H3,(H,16,18)/t9-/m0/s1. The summed E-state index contributed by atoms with van der Waals surface area (Å²) in [5.74, 6) is 0.0997. The topological polar surface area (TPSA) is 70.7 Å². The van der Waals surface area contributed by atoms with Crippen LogP contribution in [0.4, 0.5) is 5.13 Å². The van der Waals surface area contributed by atoms with E-state index >= 15 is 0 Å². The molecule has 0 spiro atoms. The molecular formula is C15H16N4OS2. The smallest absolute Gasteiger partial charge is 0.206 e. The molecule has 3 rings (SSSR count). The predicted molar refractivity (Wildman–Crippen MR) is 92.0 cm³/mol. The number of para-hydroxylation sites is 1. The lowest BCUT2D eigenvalue weighted by atomic mass is 10.1. The number of aromatic nitrogens is 3. The maximum Gasteiger partial charge on any atom is 0.206 e. The molecule has 114 valence electrons. The van der Waals surface area contributed by atoms with Crippen molar-refractivity contribution in [2.24, 2.45) is 0 Å². The summed E-state index contributed by atoms with van der Waals surface area (Å²) in [5.41, 5.74) is 1.71. The zero-order valence-corrected chi connectivity index (χ0v) is 13.9. The van der Waals surface area contributed by atoms with E-state index < -0.39 is 0 Å². The molecule has 5 nitrogen and oxygen atoms in total. The van der Waals surface area contributed by atoms with Crippen LogP contribution in [0.25, 0.3) is 10.9 Å². The Morgan fingerprint density at radius 2 is 2.23 bits per heavy atom. The summed E-state index contributed by atoms with van der Waals surface area (Å²) in [6.45, 7) is 4.73. The summed E-state index contributed by atoms with van der Waals surface area (Å²) in [7, 11) is 0. The Bertz CT molecular complexity index is 796. The van der Waals surface area contributed by atoms with E-state index in [2.05, 4.69) is 20.5 Å². The van der Waals surface area contributed by atoms with Crippen LogP contribution < -0.4 is 5.32 Å². The minimum absolute atomic E-state index is 0.0997. The van der Waals surface area contributed by atoms with Crippen LogP contribution >= 0.6 is 23.1 Å². The second-order valence-corrected chi connectivity index (χ2v) is 7.34. The summed E-state index contributed by atoms with van der Waals surface area (Å²) >= 11 is 2.92. The van der Waals surface area contributed by atoms with Gasteiger partial charge in [0.15, 0.2) is 10.1 Å². The number of nitrogens with one attached hydrogen (secondary N) is 2. The SMILES string of the molecule is CCNc1nnc(S[C@@H](C)C(=O)c2c[nH]c3ccccc23)s1. The first-order chi connectivity index (χ1) is 10.7. The third-order valence-electron chi connectivity index (χ3n) is 3.24. The molecule has 0 aliphatic heterocycles. The Kier molecular flexibility index (Phi) is 4.44. The molecule has 2 aromatic heterocycles. The van der Waals surface area contributed by atoms with Crippen molar-refractivity contribution in [1.82, 2.24) is 15.2 Å². The number of hydrogen-bond donors (Lipinski definition) is 2. The summed E-state index contributed by atoms with van der Waals surface area (Å²) in [5, 5.41) is 12.8. The van der Waals surface area contributed by atoms with Gasteiger partial charge in [-0.1, -0.05) is 41.3 Å². The van der Waals surface area contributed by atoms with Crippen LogP contribution in [-0.2, 0) is 0 Å². The Morgan fingerprint density at radius 3 is 3.05 bits per heavy atom. The number of rotatable bonds is 6. The molecule has 7 heteroatoms. The highest BCUT2D eigenvalue weighted by Gasteiger charge is 2.21. The number of benzene rings is 1. The van der Waals surface area contributed by atoms with Gasteiger partial charge in [-0.15, -0.1) is 10.2 Å². The van der Waals surface area contributed by atoms with E-state index in [0.717, 1.165) is 32.5 Å². The van der Waals surface area contributed by atoms with Gasteiger partial charge in [-0.05, 0) is 19.9 Å². The number of nitrogens with zero attached hydrogens (tertiary/aromatic N) is 2. The summed E-state index contributed by atoms with van der Waals surface area (Å²) in [4.78, 5) is 15.8. The Labute approximate surface area is 136 Å².